The highest BCUT2D eigenvalue weighted by Gasteiger charge is 2.18. The molecule has 0 spiro atoms. The summed E-state index contributed by atoms with van der Waals surface area (Å²) in [5.41, 5.74) is 17.4. The van der Waals surface area contributed by atoms with Crippen LogP contribution in [0.1, 0.15) is 73.6 Å². The van der Waals surface area contributed by atoms with Gasteiger partial charge in [-0.3, -0.25) is 24.7 Å². The normalized spacial score (nSPS) is 12.1. The maximum Gasteiger partial charge on any atom is 0.248 e. The zero-order valence-corrected chi connectivity index (χ0v) is 25.0. The van der Waals surface area contributed by atoms with Gasteiger partial charge in [-0.25, -0.2) is 4.68 Å². The third-order valence-electron chi connectivity index (χ3n) is 7.32. The molecule has 224 valence electrons. The summed E-state index contributed by atoms with van der Waals surface area (Å²) >= 11 is 0. The third-order valence-corrected chi connectivity index (χ3v) is 7.32. The van der Waals surface area contributed by atoms with E-state index in [1.807, 2.05) is 22.9 Å². The highest BCUT2D eigenvalue weighted by Crippen LogP contribution is 2.26. The number of nitrogens with one attached hydrogen (secondary N) is 1. The van der Waals surface area contributed by atoms with Crippen molar-refractivity contribution in [3.05, 3.63) is 101 Å². The Balaban J connectivity index is 1.29. The van der Waals surface area contributed by atoms with Crippen LogP contribution in [0.15, 0.2) is 79.0 Å². The summed E-state index contributed by atoms with van der Waals surface area (Å²) in [5, 5.41) is 7.29. The fraction of sp³-hybridized carbons (Fsp3) is 0.324. The van der Waals surface area contributed by atoms with Crippen LogP contribution in [0.2, 0.25) is 0 Å². The monoisotopic (exact) mass is 580 g/mol. The molecule has 0 bridgehead atoms. The molecule has 2 aromatic carbocycles. The van der Waals surface area contributed by atoms with Gasteiger partial charge >= 0.3 is 0 Å². The molecule has 4 rings (SSSR count). The third kappa shape index (κ3) is 8.68. The highest BCUT2D eigenvalue weighted by molar-refractivity contribution is 5.97. The molecule has 5 N–H and O–H groups in total. The van der Waals surface area contributed by atoms with E-state index >= 15 is 0 Å². The van der Waals surface area contributed by atoms with Gasteiger partial charge < -0.3 is 11.5 Å². The van der Waals surface area contributed by atoms with Gasteiger partial charge in [0.1, 0.15) is 5.69 Å². The summed E-state index contributed by atoms with van der Waals surface area (Å²) in [7, 11) is 0. The predicted molar refractivity (Wildman–Crippen MR) is 167 cm³/mol. The molecule has 3 amide bonds. The topological polar surface area (TPSA) is 146 Å². The Kier molecular flexibility index (Phi) is 10.2. The number of hydrogen-bond acceptors (Lipinski definition) is 6. The van der Waals surface area contributed by atoms with Crippen LogP contribution in [0.3, 0.4) is 0 Å². The van der Waals surface area contributed by atoms with E-state index in [1.54, 1.807) is 30.5 Å². The van der Waals surface area contributed by atoms with Gasteiger partial charge in [0, 0.05) is 23.9 Å². The van der Waals surface area contributed by atoms with Crippen molar-refractivity contribution in [1.82, 2.24) is 20.1 Å². The number of unbranched alkanes of at least 4 members (excludes halogenated alkanes) is 2. The van der Waals surface area contributed by atoms with Crippen molar-refractivity contribution in [3.8, 4) is 17.1 Å². The second-order valence-electron chi connectivity index (χ2n) is 11.8. The minimum atomic E-state index is -0.880. The number of amides is 3. The summed E-state index contributed by atoms with van der Waals surface area (Å²) in [6.07, 6.45) is 5.33. The fourth-order valence-electron chi connectivity index (χ4n) is 4.78. The van der Waals surface area contributed by atoms with Gasteiger partial charge in [-0.1, -0.05) is 57.5 Å². The molecule has 43 heavy (non-hydrogen) atoms. The number of carbonyl (C=O) groups excluding carboxylic acids is 3. The van der Waals surface area contributed by atoms with E-state index in [1.165, 1.54) is 5.56 Å². The minimum Gasteiger partial charge on any atom is -0.366 e. The molecule has 0 radical (unpaired) electrons. The van der Waals surface area contributed by atoms with Crippen molar-refractivity contribution in [2.45, 2.75) is 70.8 Å². The van der Waals surface area contributed by atoms with E-state index in [4.69, 9.17) is 16.6 Å². The molecule has 0 aliphatic rings. The predicted octanol–water partition coefficient (Wildman–Crippen LogP) is 4.65. The van der Waals surface area contributed by atoms with Gasteiger partial charge in [0.15, 0.2) is 0 Å². The molecular weight excluding hydrogens is 540 g/mol. The van der Waals surface area contributed by atoms with Crippen molar-refractivity contribution in [1.29, 1.82) is 0 Å². The number of nitrogens with zero attached hydrogens (tertiary/aromatic N) is 3. The Morgan fingerprint density at radius 3 is 2.26 bits per heavy atom. The first-order chi connectivity index (χ1) is 20.5. The van der Waals surface area contributed by atoms with Crippen molar-refractivity contribution < 1.29 is 14.4 Å². The Morgan fingerprint density at radius 2 is 1.63 bits per heavy atom. The van der Waals surface area contributed by atoms with Gasteiger partial charge in [-0.2, -0.15) is 5.10 Å². The van der Waals surface area contributed by atoms with Crippen LogP contribution in [-0.2, 0) is 27.8 Å². The second kappa shape index (κ2) is 14.0. The lowest BCUT2D eigenvalue weighted by Crippen LogP contribution is -2.44. The van der Waals surface area contributed by atoms with Gasteiger partial charge in [0.2, 0.25) is 17.7 Å². The smallest absolute Gasteiger partial charge is 0.248 e. The van der Waals surface area contributed by atoms with Crippen LogP contribution >= 0.6 is 0 Å². The van der Waals surface area contributed by atoms with Crippen LogP contribution in [0, 0.1) is 0 Å². The van der Waals surface area contributed by atoms with Crippen LogP contribution < -0.4 is 16.8 Å². The standard InChI is InChI=1S/C34H40N6O3/c1-34(2,3)25-16-18-26(19-17-25)40-27(22-30(39-40)29-10-7-8-20-37-29)9-5-4-6-11-31(41)38-33(43)28(35)21-23-12-14-24(15-13-23)32(36)42/h7-8,10,12-20,22,28H,4-6,9,11,21,35H2,1-3H3,(H2,36,42)(H,38,41,43). The number of benzene rings is 2. The highest BCUT2D eigenvalue weighted by atomic mass is 16.2. The molecule has 4 aromatic rings. The first-order valence-electron chi connectivity index (χ1n) is 14.6. The lowest BCUT2D eigenvalue weighted by molar-refractivity contribution is -0.131. The molecule has 1 atom stereocenters. The maximum atomic E-state index is 12.4. The number of aryl methyl sites for hydroxylation is 1. The molecule has 9 nitrogen and oxygen atoms in total. The molecule has 2 heterocycles. The van der Waals surface area contributed by atoms with Crippen LogP contribution in [0.4, 0.5) is 0 Å². The zero-order chi connectivity index (χ0) is 31.0. The fourth-order valence-corrected chi connectivity index (χ4v) is 4.78. The van der Waals surface area contributed by atoms with E-state index in [-0.39, 0.29) is 24.2 Å². The van der Waals surface area contributed by atoms with Crippen molar-refractivity contribution in [3.63, 3.8) is 0 Å². The number of hydrogen-bond donors (Lipinski definition) is 3. The number of rotatable bonds is 12. The van der Waals surface area contributed by atoms with Gasteiger partial charge in [-0.05, 0) is 84.7 Å². The lowest BCUT2D eigenvalue weighted by Gasteiger charge is -2.19. The summed E-state index contributed by atoms with van der Waals surface area (Å²) < 4.78 is 1.98. The van der Waals surface area contributed by atoms with E-state index in [9.17, 15) is 14.4 Å². The van der Waals surface area contributed by atoms with Crippen molar-refractivity contribution in [2.75, 3.05) is 0 Å². The second-order valence-corrected chi connectivity index (χ2v) is 11.8. The first kappa shape index (κ1) is 31.3. The molecule has 0 saturated heterocycles. The molecule has 0 saturated carbocycles. The largest absolute Gasteiger partial charge is 0.366 e. The van der Waals surface area contributed by atoms with Crippen molar-refractivity contribution >= 4 is 17.7 Å². The van der Waals surface area contributed by atoms with Gasteiger partial charge in [-0.15, -0.1) is 0 Å². The number of carbonyl (C=O) groups is 3. The molecule has 0 aliphatic heterocycles. The average Bonchev–Trinajstić information content (AvgIpc) is 3.41. The van der Waals surface area contributed by atoms with Gasteiger partial charge in [0.25, 0.3) is 0 Å². The molecular formula is C34H40N6O3. The summed E-state index contributed by atoms with van der Waals surface area (Å²) in [6, 6.07) is 22.0. The minimum absolute atomic E-state index is 0.0617. The van der Waals surface area contributed by atoms with Crippen LogP contribution in [-0.4, -0.2) is 38.5 Å². The number of pyridine rings is 1. The quantitative estimate of drug-likeness (QED) is 0.208. The Labute approximate surface area is 252 Å². The molecule has 0 aliphatic carbocycles. The SMILES string of the molecule is CC(C)(C)c1ccc(-n2nc(-c3ccccn3)cc2CCCCCC(=O)NC(=O)C(N)Cc2ccc(C(N)=O)cc2)cc1. The lowest BCUT2D eigenvalue weighted by atomic mass is 9.87. The van der Waals surface area contributed by atoms with Gasteiger partial charge in [0.05, 0.1) is 17.4 Å². The van der Waals surface area contributed by atoms with E-state index < -0.39 is 17.9 Å². The number of aromatic nitrogens is 3. The Morgan fingerprint density at radius 1 is 0.907 bits per heavy atom. The van der Waals surface area contributed by atoms with E-state index in [2.05, 4.69) is 61.4 Å². The van der Waals surface area contributed by atoms with Crippen LogP contribution in [0.5, 0.6) is 0 Å². The summed E-state index contributed by atoms with van der Waals surface area (Å²) in [5.74, 6) is -1.39. The summed E-state index contributed by atoms with van der Waals surface area (Å²) in [6.45, 7) is 6.58. The molecule has 2 aromatic heterocycles. The maximum absolute atomic E-state index is 12.4. The Bertz CT molecular complexity index is 1540. The molecule has 9 heteroatoms. The number of primary amides is 1. The number of imide groups is 1. The molecule has 1 unspecified atom stereocenters. The molecule has 0 fully saturated rings. The van der Waals surface area contributed by atoms with Crippen molar-refractivity contribution in [2.24, 2.45) is 11.5 Å². The first-order valence-corrected chi connectivity index (χ1v) is 14.6. The summed E-state index contributed by atoms with van der Waals surface area (Å²) in [4.78, 5) is 40.5. The number of nitrogens with two attached hydrogens (primary N) is 2. The zero-order valence-electron chi connectivity index (χ0n) is 25.0. The average molecular weight is 581 g/mol. The Hall–Kier alpha value is -4.63. The van der Waals surface area contributed by atoms with E-state index in [0.29, 0.717) is 12.0 Å². The van der Waals surface area contributed by atoms with Crippen LogP contribution in [0.25, 0.3) is 17.1 Å². The van der Waals surface area contributed by atoms with E-state index in [0.717, 1.165) is 47.6 Å².